The maximum atomic E-state index is 12.4. The lowest BCUT2D eigenvalue weighted by molar-refractivity contribution is -0.114. The molecule has 4 aromatic rings. The Bertz CT molecular complexity index is 1360. The lowest BCUT2D eigenvalue weighted by Crippen LogP contribution is -2.17. The van der Waals surface area contributed by atoms with E-state index in [0.717, 1.165) is 22.2 Å². The lowest BCUT2D eigenvalue weighted by atomic mass is 10.2. The van der Waals surface area contributed by atoms with Crippen LogP contribution in [0.4, 0.5) is 5.95 Å². The Balaban J connectivity index is 1.67. The summed E-state index contributed by atoms with van der Waals surface area (Å²) < 4.78 is 6.85. The molecule has 0 atom stereocenters. The van der Waals surface area contributed by atoms with Crippen molar-refractivity contribution in [1.82, 2.24) is 24.5 Å². The highest BCUT2D eigenvalue weighted by atomic mass is 16.5. The van der Waals surface area contributed by atoms with Crippen LogP contribution >= 0.6 is 0 Å². The number of methoxy groups -OCH3 is 1. The summed E-state index contributed by atoms with van der Waals surface area (Å²) in [6.45, 7) is 0.544. The average Bonchev–Trinajstić information content (AvgIpc) is 3.18. The molecule has 0 spiro atoms. The van der Waals surface area contributed by atoms with Crippen LogP contribution in [-0.4, -0.2) is 57.3 Å². The molecular formula is C22H19N7O2. The van der Waals surface area contributed by atoms with Gasteiger partial charge in [-0.15, -0.1) is 5.10 Å². The van der Waals surface area contributed by atoms with Gasteiger partial charge in [-0.1, -0.05) is 12.1 Å². The maximum absolute atomic E-state index is 12.4. The molecule has 0 aliphatic carbocycles. The van der Waals surface area contributed by atoms with Crippen molar-refractivity contribution in [3.63, 3.8) is 0 Å². The van der Waals surface area contributed by atoms with Gasteiger partial charge in [0.05, 0.1) is 19.2 Å². The van der Waals surface area contributed by atoms with Crippen molar-refractivity contribution in [3.8, 4) is 17.1 Å². The molecule has 5 rings (SSSR count). The van der Waals surface area contributed by atoms with E-state index in [9.17, 15) is 4.79 Å². The maximum Gasteiger partial charge on any atom is 0.294 e. The van der Waals surface area contributed by atoms with Gasteiger partial charge in [0.1, 0.15) is 11.4 Å². The number of anilines is 1. The van der Waals surface area contributed by atoms with E-state index in [-0.39, 0.29) is 5.91 Å². The number of nitrogens with one attached hydrogen (secondary N) is 1. The largest absolute Gasteiger partial charge is 0.497 e. The first kappa shape index (κ1) is 18.7. The summed E-state index contributed by atoms with van der Waals surface area (Å²) in [5, 5.41) is 8.63. The van der Waals surface area contributed by atoms with Gasteiger partial charge >= 0.3 is 0 Å². The summed E-state index contributed by atoms with van der Waals surface area (Å²) in [6, 6.07) is 15.2. The number of benzene rings is 2. The highest BCUT2D eigenvalue weighted by Gasteiger charge is 2.18. The fourth-order valence-electron chi connectivity index (χ4n) is 3.36. The zero-order valence-electron chi connectivity index (χ0n) is 17.0. The SMILES string of the molecule is COc1ccc(-c2nc3c4ccccc4nc(NC4=CN(C)CC=NC4=O)n3n2)cc1. The van der Waals surface area contributed by atoms with Gasteiger partial charge < -0.3 is 15.0 Å². The Morgan fingerprint density at radius 1 is 1.06 bits per heavy atom. The first-order valence-electron chi connectivity index (χ1n) is 9.68. The molecule has 0 radical (unpaired) electrons. The Kier molecular flexibility index (Phi) is 4.55. The Hall–Kier alpha value is -4.27. The highest BCUT2D eigenvalue weighted by Crippen LogP contribution is 2.26. The second kappa shape index (κ2) is 7.52. The molecule has 1 aliphatic rings. The Morgan fingerprint density at radius 3 is 2.68 bits per heavy atom. The molecule has 31 heavy (non-hydrogen) atoms. The fraction of sp³-hybridized carbons (Fsp3) is 0.136. The van der Waals surface area contributed by atoms with E-state index in [0.29, 0.717) is 29.7 Å². The second-order valence-electron chi connectivity index (χ2n) is 7.08. The van der Waals surface area contributed by atoms with Crippen molar-refractivity contribution >= 4 is 34.6 Å². The number of hydrogen-bond acceptors (Lipinski definition) is 7. The molecule has 0 saturated carbocycles. The zero-order chi connectivity index (χ0) is 21.4. The minimum atomic E-state index is -0.372. The smallest absolute Gasteiger partial charge is 0.294 e. The van der Waals surface area contributed by atoms with Crippen molar-refractivity contribution in [2.75, 3.05) is 26.0 Å². The van der Waals surface area contributed by atoms with E-state index in [4.69, 9.17) is 9.72 Å². The predicted octanol–water partition coefficient (Wildman–Crippen LogP) is 2.75. The van der Waals surface area contributed by atoms with Crippen LogP contribution in [0, 0.1) is 0 Å². The molecule has 9 heteroatoms. The third-order valence-electron chi connectivity index (χ3n) is 4.93. The number of carbonyl (C=O) groups is 1. The fourth-order valence-corrected chi connectivity index (χ4v) is 3.36. The number of ether oxygens (including phenoxy) is 1. The molecule has 0 bridgehead atoms. The number of nitrogens with zero attached hydrogens (tertiary/aromatic N) is 6. The van der Waals surface area contributed by atoms with Crippen LogP contribution in [0.3, 0.4) is 0 Å². The van der Waals surface area contributed by atoms with E-state index in [1.807, 2.05) is 60.5 Å². The van der Waals surface area contributed by atoms with E-state index in [1.54, 1.807) is 24.0 Å². The number of amides is 1. The lowest BCUT2D eigenvalue weighted by Gasteiger charge is -2.12. The second-order valence-corrected chi connectivity index (χ2v) is 7.08. The first-order valence-corrected chi connectivity index (χ1v) is 9.68. The quantitative estimate of drug-likeness (QED) is 0.549. The van der Waals surface area contributed by atoms with Gasteiger partial charge in [0.2, 0.25) is 5.95 Å². The van der Waals surface area contributed by atoms with Crippen LogP contribution in [-0.2, 0) is 4.79 Å². The van der Waals surface area contributed by atoms with Gasteiger partial charge in [0.25, 0.3) is 5.91 Å². The van der Waals surface area contributed by atoms with Gasteiger partial charge in [-0.05, 0) is 36.4 Å². The predicted molar refractivity (Wildman–Crippen MR) is 118 cm³/mol. The van der Waals surface area contributed by atoms with E-state index in [1.165, 1.54) is 0 Å². The third-order valence-corrected chi connectivity index (χ3v) is 4.93. The van der Waals surface area contributed by atoms with Crippen molar-refractivity contribution in [1.29, 1.82) is 0 Å². The molecule has 1 amide bonds. The molecule has 1 N–H and O–H groups in total. The van der Waals surface area contributed by atoms with E-state index in [2.05, 4.69) is 20.4 Å². The average molecular weight is 413 g/mol. The summed E-state index contributed by atoms with van der Waals surface area (Å²) >= 11 is 0. The minimum Gasteiger partial charge on any atom is -0.497 e. The molecular weight excluding hydrogens is 394 g/mol. The number of para-hydroxylation sites is 1. The topological polar surface area (TPSA) is 97.0 Å². The summed E-state index contributed by atoms with van der Waals surface area (Å²) in [7, 11) is 3.49. The van der Waals surface area contributed by atoms with Crippen molar-refractivity contribution in [3.05, 3.63) is 60.4 Å². The van der Waals surface area contributed by atoms with Gasteiger partial charge in [-0.2, -0.15) is 4.52 Å². The zero-order valence-corrected chi connectivity index (χ0v) is 17.0. The highest BCUT2D eigenvalue weighted by molar-refractivity contribution is 6.01. The van der Waals surface area contributed by atoms with Gasteiger partial charge in [-0.25, -0.2) is 15.0 Å². The summed E-state index contributed by atoms with van der Waals surface area (Å²) in [6.07, 6.45) is 3.29. The van der Waals surface area contributed by atoms with E-state index < -0.39 is 0 Å². The van der Waals surface area contributed by atoms with Crippen LogP contribution < -0.4 is 10.1 Å². The molecule has 2 aromatic carbocycles. The molecule has 0 saturated heterocycles. The number of carbonyl (C=O) groups excluding carboxylic acids is 1. The first-order chi connectivity index (χ1) is 15.1. The summed E-state index contributed by atoms with van der Waals surface area (Å²) in [5.74, 6) is 1.31. The van der Waals surface area contributed by atoms with Crippen molar-refractivity contribution in [2.45, 2.75) is 0 Å². The van der Waals surface area contributed by atoms with Gasteiger partial charge in [0.15, 0.2) is 11.5 Å². The Morgan fingerprint density at radius 2 is 1.87 bits per heavy atom. The molecule has 2 aromatic heterocycles. The van der Waals surface area contributed by atoms with E-state index >= 15 is 0 Å². The number of hydrogen-bond donors (Lipinski definition) is 1. The Labute approximate surface area is 177 Å². The van der Waals surface area contributed by atoms with Crippen LogP contribution in [0.25, 0.3) is 27.9 Å². The van der Waals surface area contributed by atoms with Crippen LogP contribution in [0.1, 0.15) is 0 Å². The molecule has 1 aliphatic heterocycles. The number of fused-ring (bicyclic) bond motifs is 3. The number of aliphatic imine (C=N–C) groups is 1. The minimum absolute atomic E-state index is 0.307. The number of rotatable bonds is 4. The standard InChI is InChI=1S/C22H19N7O2/c1-28-12-11-23-21(30)18(13-28)25-22-24-17-6-4-3-5-16(17)20-26-19(27-29(20)22)14-7-9-15(31-2)10-8-14/h3-11,13H,12H2,1-2H3,(H,24,25). The van der Waals surface area contributed by atoms with Crippen LogP contribution in [0.2, 0.25) is 0 Å². The molecule has 9 nitrogen and oxygen atoms in total. The monoisotopic (exact) mass is 413 g/mol. The molecule has 0 fully saturated rings. The van der Waals surface area contributed by atoms with Crippen molar-refractivity contribution < 1.29 is 9.53 Å². The normalized spacial score (nSPS) is 14.1. The van der Waals surface area contributed by atoms with Crippen LogP contribution in [0.5, 0.6) is 5.75 Å². The molecule has 154 valence electrons. The van der Waals surface area contributed by atoms with Crippen LogP contribution in [0.15, 0.2) is 65.4 Å². The number of aromatic nitrogens is 4. The summed E-state index contributed by atoms with van der Waals surface area (Å²) in [5.41, 5.74) is 2.53. The van der Waals surface area contributed by atoms with Crippen molar-refractivity contribution in [2.24, 2.45) is 4.99 Å². The van der Waals surface area contributed by atoms with Gasteiger partial charge in [-0.3, -0.25) is 4.79 Å². The third kappa shape index (κ3) is 3.46. The molecule has 3 heterocycles. The van der Waals surface area contributed by atoms with Gasteiger partial charge in [0, 0.05) is 30.4 Å². The summed E-state index contributed by atoms with van der Waals surface area (Å²) in [4.78, 5) is 27.7. The molecule has 0 unspecified atom stereocenters.